The van der Waals surface area contributed by atoms with Gasteiger partial charge < -0.3 is 0 Å². The van der Waals surface area contributed by atoms with Crippen molar-refractivity contribution in [1.82, 2.24) is 0 Å². The van der Waals surface area contributed by atoms with Crippen molar-refractivity contribution < 1.29 is 0 Å². The molecule has 1 nitrogen and oxygen atoms in total. The molecule has 0 unspecified atom stereocenters. The Morgan fingerprint density at radius 3 is 0.850 bits per heavy atom. The first-order valence-electron chi connectivity index (χ1n) is 20.3. The highest BCUT2D eigenvalue weighted by Crippen LogP contribution is 2.42. The standard InChI is InChI=1S/C59H41N/c60-42-43-31-33-45(34-32-43)55-41-53(59(51-29-17-6-18-30-51)57(48-23-11-3-12-24-48)49-25-13-4-14-26-49)39-40-54(55)44-35-37-52(38-36-44)58(50-27-15-5-16-28-50)56(46-19-7-1-8-20-46)47-21-9-2-10-22-47/h1-41H. The van der Waals surface area contributed by atoms with Crippen molar-refractivity contribution in [3.63, 3.8) is 0 Å². The fourth-order valence-electron chi connectivity index (χ4n) is 8.18. The fourth-order valence-corrected chi connectivity index (χ4v) is 8.18. The third-order valence-electron chi connectivity index (χ3n) is 11.0. The number of hydrogen-bond donors (Lipinski definition) is 0. The Labute approximate surface area is 353 Å². The Balaban J connectivity index is 1.26. The highest BCUT2D eigenvalue weighted by Gasteiger charge is 2.20. The first-order chi connectivity index (χ1) is 29.7. The van der Waals surface area contributed by atoms with Crippen LogP contribution in [0.4, 0.5) is 0 Å². The van der Waals surface area contributed by atoms with Crippen molar-refractivity contribution >= 4 is 22.3 Å². The van der Waals surface area contributed by atoms with Crippen LogP contribution in [0.3, 0.4) is 0 Å². The van der Waals surface area contributed by atoms with Crippen molar-refractivity contribution in [2.45, 2.75) is 0 Å². The van der Waals surface area contributed by atoms with E-state index in [9.17, 15) is 5.26 Å². The lowest BCUT2D eigenvalue weighted by Gasteiger charge is -2.21. The monoisotopic (exact) mass is 763 g/mol. The molecule has 9 aromatic carbocycles. The fraction of sp³-hybridized carbons (Fsp3) is 0. The molecule has 282 valence electrons. The lowest BCUT2D eigenvalue weighted by Crippen LogP contribution is -1.99. The average molecular weight is 764 g/mol. The summed E-state index contributed by atoms with van der Waals surface area (Å²) in [5, 5.41) is 9.73. The van der Waals surface area contributed by atoms with Crippen molar-refractivity contribution in [3.05, 3.63) is 299 Å². The predicted octanol–water partition coefficient (Wildman–Crippen LogP) is 14.9. The maximum absolute atomic E-state index is 9.73. The van der Waals surface area contributed by atoms with Gasteiger partial charge >= 0.3 is 0 Å². The molecule has 0 aromatic heterocycles. The number of nitrogens with zero attached hydrogens (tertiary/aromatic N) is 1. The largest absolute Gasteiger partial charge is 0.192 e. The summed E-state index contributed by atoms with van der Waals surface area (Å²) in [6.45, 7) is 0. The summed E-state index contributed by atoms with van der Waals surface area (Å²) in [5.74, 6) is 0. The van der Waals surface area contributed by atoms with Gasteiger partial charge in [0.15, 0.2) is 0 Å². The molecule has 0 atom stereocenters. The van der Waals surface area contributed by atoms with Gasteiger partial charge in [-0.05, 0) is 107 Å². The van der Waals surface area contributed by atoms with Crippen LogP contribution in [0.1, 0.15) is 50.1 Å². The van der Waals surface area contributed by atoms with E-state index in [1.165, 1.54) is 11.1 Å². The Morgan fingerprint density at radius 2 is 0.517 bits per heavy atom. The second kappa shape index (κ2) is 17.6. The van der Waals surface area contributed by atoms with Crippen molar-refractivity contribution in [3.8, 4) is 28.3 Å². The summed E-state index contributed by atoms with van der Waals surface area (Å²) >= 11 is 0. The number of nitriles is 1. The van der Waals surface area contributed by atoms with E-state index in [1.807, 2.05) is 12.1 Å². The van der Waals surface area contributed by atoms with Gasteiger partial charge in [0.1, 0.15) is 0 Å². The average Bonchev–Trinajstić information content (AvgIpc) is 3.34. The second-order valence-corrected chi connectivity index (χ2v) is 14.7. The Kier molecular flexibility index (Phi) is 11.0. The van der Waals surface area contributed by atoms with Crippen LogP contribution in [0.15, 0.2) is 249 Å². The van der Waals surface area contributed by atoms with Gasteiger partial charge in [-0.25, -0.2) is 0 Å². The molecule has 0 N–H and O–H groups in total. The molecule has 0 heterocycles. The minimum absolute atomic E-state index is 0.633. The summed E-state index contributed by atoms with van der Waals surface area (Å²) in [4.78, 5) is 0. The van der Waals surface area contributed by atoms with E-state index in [0.29, 0.717) is 5.56 Å². The minimum Gasteiger partial charge on any atom is -0.192 e. The molecule has 0 saturated carbocycles. The van der Waals surface area contributed by atoms with E-state index in [4.69, 9.17) is 0 Å². The molecule has 0 spiro atoms. The molecule has 0 aliphatic heterocycles. The summed E-state index contributed by atoms with van der Waals surface area (Å²) < 4.78 is 0. The quantitative estimate of drug-likeness (QED) is 0.127. The zero-order valence-corrected chi connectivity index (χ0v) is 33.1. The van der Waals surface area contributed by atoms with Crippen molar-refractivity contribution in [1.29, 1.82) is 5.26 Å². The minimum atomic E-state index is 0.633. The molecular weight excluding hydrogens is 723 g/mol. The van der Waals surface area contributed by atoms with Gasteiger partial charge in [0.05, 0.1) is 11.6 Å². The van der Waals surface area contributed by atoms with Crippen LogP contribution in [0, 0.1) is 11.3 Å². The molecule has 1 heteroatoms. The van der Waals surface area contributed by atoms with Gasteiger partial charge in [-0.2, -0.15) is 5.26 Å². The molecule has 60 heavy (non-hydrogen) atoms. The second-order valence-electron chi connectivity index (χ2n) is 14.7. The zero-order chi connectivity index (χ0) is 40.5. The Morgan fingerprint density at radius 1 is 0.250 bits per heavy atom. The van der Waals surface area contributed by atoms with Crippen LogP contribution in [-0.4, -0.2) is 0 Å². The smallest absolute Gasteiger partial charge is 0.0991 e. The summed E-state index contributed by atoms with van der Waals surface area (Å²) in [5.41, 5.74) is 18.8. The molecule has 0 fully saturated rings. The van der Waals surface area contributed by atoms with Gasteiger partial charge in [-0.15, -0.1) is 0 Å². The molecule has 9 rings (SSSR count). The van der Waals surface area contributed by atoms with Gasteiger partial charge in [-0.1, -0.05) is 231 Å². The maximum Gasteiger partial charge on any atom is 0.0991 e. The number of rotatable bonds is 10. The molecule has 0 aliphatic rings. The molecule has 9 aromatic rings. The Hall–Kier alpha value is -8.05. The van der Waals surface area contributed by atoms with Crippen LogP contribution >= 0.6 is 0 Å². The van der Waals surface area contributed by atoms with Gasteiger partial charge in [0, 0.05) is 0 Å². The van der Waals surface area contributed by atoms with E-state index in [2.05, 4.69) is 243 Å². The molecule has 0 bridgehead atoms. The lowest BCUT2D eigenvalue weighted by atomic mass is 9.83. The lowest BCUT2D eigenvalue weighted by molar-refractivity contribution is 1.47. The molecule has 0 aliphatic carbocycles. The SMILES string of the molecule is N#Cc1ccc(-c2cc(C(=C(c3ccccc3)c3ccccc3)c3ccccc3)ccc2-c2ccc(C(=C(c3ccccc3)c3ccccc3)c3ccccc3)cc2)cc1. The van der Waals surface area contributed by atoms with E-state index < -0.39 is 0 Å². The van der Waals surface area contributed by atoms with Crippen LogP contribution in [0.2, 0.25) is 0 Å². The first kappa shape index (κ1) is 37.5. The normalized spacial score (nSPS) is 10.7. The third-order valence-corrected chi connectivity index (χ3v) is 11.0. The summed E-state index contributed by atoms with van der Waals surface area (Å²) in [6, 6.07) is 90.3. The van der Waals surface area contributed by atoms with Crippen LogP contribution in [0.5, 0.6) is 0 Å². The third kappa shape index (κ3) is 7.92. The predicted molar refractivity (Wildman–Crippen MR) is 251 cm³/mol. The summed E-state index contributed by atoms with van der Waals surface area (Å²) in [7, 11) is 0. The van der Waals surface area contributed by atoms with Crippen molar-refractivity contribution in [2.75, 3.05) is 0 Å². The molecular formula is C59H41N. The highest BCUT2D eigenvalue weighted by molar-refractivity contribution is 6.06. The first-order valence-corrected chi connectivity index (χ1v) is 20.3. The van der Waals surface area contributed by atoms with E-state index in [0.717, 1.165) is 77.9 Å². The van der Waals surface area contributed by atoms with Gasteiger partial charge in [-0.3, -0.25) is 0 Å². The Bertz CT molecular complexity index is 2860. The molecule has 0 amide bonds. The van der Waals surface area contributed by atoms with E-state index in [-0.39, 0.29) is 0 Å². The van der Waals surface area contributed by atoms with Crippen LogP contribution in [0.25, 0.3) is 44.5 Å². The van der Waals surface area contributed by atoms with Crippen LogP contribution in [-0.2, 0) is 0 Å². The van der Waals surface area contributed by atoms with E-state index in [1.54, 1.807) is 0 Å². The van der Waals surface area contributed by atoms with Crippen molar-refractivity contribution in [2.24, 2.45) is 0 Å². The number of hydrogen-bond acceptors (Lipinski definition) is 1. The van der Waals surface area contributed by atoms with Crippen LogP contribution < -0.4 is 0 Å². The molecule has 0 saturated heterocycles. The zero-order valence-electron chi connectivity index (χ0n) is 33.1. The van der Waals surface area contributed by atoms with Gasteiger partial charge in [0.2, 0.25) is 0 Å². The van der Waals surface area contributed by atoms with Gasteiger partial charge in [0.25, 0.3) is 0 Å². The number of benzene rings is 9. The topological polar surface area (TPSA) is 23.8 Å². The summed E-state index contributed by atoms with van der Waals surface area (Å²) in [6.07, 6.45) is 0. The highest BCUT2D eigenvalue weighted by atomic mass is 14.2. The maximum atomic E-state index is 9.73. The van der Waals surface area contributed by atoms with E-state index >= 15 is 0 Å². The molecule has 0 radical (unpaired) electrons.